The number of fused-ring (bicyclic) bond motifs is 1. The molecule has 3 heteroatoms. The second kappa shape index (κ2) is 6.80. The fourth-order valence-electron chi connectivity index (χ4n) is 2.72. The first-order valence-electron chi connectivity index (χ1n) is 8.15. The molecule has 0 spiro atoms. The van der Waals surface area contributed by atoms with E-state index in [1.54, 1.807) is 0 Å². The Hall–Kier alpha value is -1.06. The highest BCUT2D eigenvalue weighted by molar-refractivity contribution is 5.39. The van der Waals surface area contributed by atoms with Crippen LogP contribution in [0.5, 0.6) is 5.75 Å². The molecular formula is C18H29NO2. The van der Waals surface area contributed by atoms with Gasteiger partial charge in [-0.15, -0.1) is 0 Å². The van der Waals surface area contributed by atoms with Gasteiger partial charge in [0.05, 0.1) is 5.60 Å². The SMILES string of the molecule is CCNC1CCCc2ccc(OCC(C)(O)C(C)C)cc21. The van der Waals surface area contributed by atoms with Crippen molar-refractivity contribution in [3.63, 3.8) is 0 Å². The van der Waals surface area contributed by atoms with Gasteiger partial charge in [-0.05, 0) is 61.9 Å². The molecule has 118 valence electrons. The van der Waals surface area contributed by atoms with Crippen molar-refractivity contribution in [2.24, 2.45) is 5.92 Å². The van der Waals surface area contributed by atoms with Crippen molar-refractivity contribution in [3.05, 3.63) is 29.3 Å². The van der Waals surface area contributed by atoms with Crippen LogP contribution in [-0.4, -0.2) is 23.9 Å². The molecule has 3 nitrogen and oxygen atoms in total. The van der Waals surface area contributed by atoms with Crippen molar-refractivity contribution in [1.29, 1.82) is 0 Å². The quantitative estimate of drug-likeness (QED) is 0.843. The number of rotatable bonds is 6. The summed E-state index contributed by atoms with van der Waals surface area (Å²) in [6, 6.07) is 6.80. The minimum atomic E-state index is -0.795. The lowest BCUT2D eigenvalue weighted by atomic mass is 9.87. The molecule has 2 atom stereocenters. The van der Waals surface area contributed by atoms with E-state index in [4.69, 9.17) is 4.74 Å². The molecule has 0 aromatic heterocycles. The van der Waals surface area contributed by atoms with Gasteiger partial charge in [-0.2, -0.15) is 0 Å². The van der Waals surface area contributed by atoms with Gasteiger partial charge in [0.15, 0.2) is 0 Å². The van der Waals surface area contributed by atoms with Crippen LogP contribution in [0.1, 0.15) is 57.7 Å². The number of hydrogen-bond acceptors (Lipinski definition) is 3. The van der Waals surface area contributed by atoms with Crippen LogP contribution in [0.15, 0.2) is 18.2 Å². The molecule has 0 bridgehead atoms. The van der Waals surface area contributed by atoms with E-state index in [0.29, 0.717) is 12.6 Å². The Morgan fingerprint density at radius 1 is 1.43 bits per heavy atom. The van der Waals surface area contributed by atoms with Crippen molar-refractivity contribution in [2.75, 3.05) is 13.2 Å². The monoisotopic (exact) mass is 291 g/mol. The number of nitrogens with one attached hydrogen (secondary N) is 1. The molecule has 0 fully saturated rings. The van der Waals surface area contributed by atoms with Gasteiger partial charge in [0.1, 0.15) is 12.4 Å². The first-order valence-corrected chi connectivity index (χ1v) is 8.15. The first kappa shape index (κ1) is 16.3. The lowest BCUT2D eigenvalue weighted by Gasteiger charge is -2.29. The fraction of sp³-hybridized carbons (Fsp3) is 0.667. The molecule has 1 aromatic rings. The summed E-state index contributed by atoms with van der Waals surface area (Å²) in [5, 5.41) is 13.8. The van der Waals surface area contributed by atoms with Crippen LogP contribution in [0.4, 0.5) is 0 Å². The summed E-state index contributed by atoms with van der Waals surface area (Å²) in [5.74, 6) is 1.03. The van der Waals surface area contributed by atoms with Gasteiger partial charge in [0, 0.05) is 6.04 Å². The average Bonchev–Trinajstić information content (AvgIpc) is 2.46. The standard InChI is InChI=1S/C18H29NO2/c1-5-19-17-8-6-7-14-9-10-15(11-16(14)17)21-12-18(4,20)13(2)3/h9-11,13,17,19-20H,5-8,12H2,1-4H3. The molecule has 0 heterocycles. The largest absolute Gasteiger partial charge is 0.491 e. The highest BCUT2D eigenvalue weighted by Gasteiger charge is 2.26. The van der Waals surface area contributed by atoms with Crippen LogP contribution in [0.3, 0.4) is 0 Å². The van der Waals surface area contributed by atoms with E-state index in [0.717, 1.165) is 18.7 Å². The van der Waals surface area contributed by atoms with Gasteiger partial charge < -0.3 is 15.2 Å². The molecule has 1 aliphatic rings. The van der Waals surface area contributed by atoms with Gasteiger partial charge in [-0.25, -0.2) is 0 Å². The Balaban J connectivity index is 2.11. The molecule has 0 aliphatic heterocycles. The van der Waals surface area contributed by atoms with E-state index in [2.05, 4.69) is 24.4 Å². The zero-order chi connectivity index (χ0) is 15.5. The summed E-state index contributed by atoms with van der Waals surface area (Å²) in [6.45, 7) is 9.31. The third-order valence-corrected chi connectivity index (χ3v) is 4.66. The molecular weight excluding hydrogens is 262 g/mol. The van der Waals surface area contributed by atoms with E-state index in [1.165, 1.54) is 24.0 Å². The number of benzene rings is 1. The number of ether oxygens (including phenoxy) is 1. The maximum Gasteiger partial charge on any atom is 0.119 e. The van der Waals surface area contributed by atoms with Crippen molar-refractivity contribution >= 4 is 0 Å². The summed E-state index contributed by atoms with van der Waals surface area (Å²) in [4.78, 5) is 0. The molecule has 0 saturated heterocycles. The van der Waals surface area contributed by atoms with Gasteiger partial charge >= 0.3 is 0 Å². The Kier molecular flexibility index (Phi) is 5.28. The molecule has 2 unspecified atom stereocenters. The number of aliphatic hydroxyl groups is 1. The summed E-state index contributed by atoms with van der Waals surface area (Å²) in [6.07, 6.45) is 3.59. The summed E-state index contributed by atoms with van der Waals surface area (Å²) in [7, 11) is 0. The molecule has 0 saturated carbocycles. The second-order valence-electron chi connectivity index (χ2n) is 6.66. The van der Waals surface area contributed by atoms with Crippen molar-refractivity contribution in [3.8, 4) is 5.75 Å². The minimum Gasteiger partial charge on any atom is -0.491 e. The van der Waals surface area contributed by atoms with Gasteiger partial charge in [-0.1, -0.05) is 26.8 Å². The van der Waals surface area contributed by atoms with Gasteiger partial charge in [-0.3, -0.25) is 0 Å². The second-order valence-corrected chi connectivity index (χ2v) is 6.66. The van der Waals surface area contributed by atoms with Crippen molar-refractivity contribution in [2.45, 2.75) is 58.6 Å². The maximum atomic E-state index is 10.3. The Morgan fingerprint density at radius 3 is 2.86 bits per heavy atom. The third kappa shape index (κ3) is 3.98. The van der Waals surface area contributed by atoms with Gasteiger partial charge in [0.25, 0.3) is 0 Å². The van der Waals surface area contributed by atoms with E-state index in [1.807, 2.05) is 26.8 Å². The topological polar surface area (TPSA) is 41.5 Å². The van der Waals surface area contributed by atoms with Crippen LogP contribution in [-0.2, 0) is 6.42 Å². The van der Waals surface area contributed by atoms with E-state index < -0.39 is 5.60 Å². The predicted octanol–water partition coefficient (Wildman–Crippen LogP) is 3.46. The number of hydrogen-bond donors (Lipinski definition) is 2. The highest BCUT2D eigenvalue weighted by Crippen LogP contribution is 2.32. The van der Waals surface area contributed by atoms with Crippen molar-refractivity contribution in [1.82, 2.24) is 5.32 Å². The van der Waals surface area contributed by atoms with Gasteiger partial charge in [0.2, 0.25) is 0 Å². The predicted molar refractivity (Wildman–Crippen MR) is 86.8 cm³/mol. The Morgan fingerprint density at radius 2 is 2.19 bits per heavy atom. The smallest absolute Gasteiger partial charge is 0.119 e. The minimum absolute atomic E-state index is 0.171. The van der Waals surface area contributed by atoms with Crippen LogP contribution in [0, 0.1) is 5.92 Å². The van der Waals surface area contributed by atoms with E-state index in [9.17, 15) is 5.11 Å². The average molecular weight is 291 g/mol. The van der Waals surface area contributed by atoms with E-state index >= 15 is 0 Å². The zero-order valence-electron chi connectivity index (χ0n) is 13.8. The molecule has 21 heavy (non-hydrogen) atoms. The summed E-state index contributed by atoms with van der Waals surface area (Å²) < 4.78 is 5.85. The van der Waals surface area contributed by atoms with Crippen LogP contribution < -0.4 is 10.1 Å². The van der Waals surface area contributed by atoms with Crippen LogP contribution >= 0.6 is 0 Å². The zero-order valence-corrected chi connectivity index (χ0v) is 13.8. The number of aryl methyl sites for hydroxylation is 1. The molecule has 1 aliphatic carbocycles. The van der Waals surface area contributed by atoms with E-state index in [-0.39, 0.29) is 5.92 Å². The molecule has 2 N–H and O–H groups in total. The highest BCUT2D eigenvalue weighted by atomic mass is 16.5. The summed E-state index contributed by atoms with van der Waals surface area (Å²) in [5.41, 5.74) is 2.00. The van der Waals surface area contributed by atoms with Crippen LogP contribution in [0.2, 0.25) is 0 Å². The Bertz CT molecular complexity index is 468. The third-order valence-electron chi connectivity index (χ3n) is 4.66. The molecule has 1 aromatic carbocycles. The fourth-order valence-corrected chi connectivity index (χ4v) is 2.72. The van der Waals surface area contributed by atoms with Crippen molar-refractivity contribution < 1.29 is 9.84 Å². The maximum absolute atomic E-state index is 10.3. The lowest BCUT2D eigenvalue weighted by molar-refractivity contribution is -0.0266. The summed E-state index contributed by atoms with van der Waals surface area (Å²) >= 11 is 0. The first-order chi connectivity index (χ1) is 9.94. The normalized spacial score (nSPS) is 21.0. The molecule has 0 amide bonds. The molecule has 2 rings (SSSR count). The molecule has 0 radical (unpaired) electrons. The Labute approximate surface area is 128 Å². The lowest BCUT2D eigenvalue weighted by Crippen LogP contribution is -2.37. The van der Waals surface area contributed by atoms with Crippen LogP contribution in [0.25, 0.3) is 0 Å².